The number of carbonyl (C=O) groups is 3. The largest absolute Gasteiger partial charge is 0.481 e. The fourth-order valence-electron chi connectivity index (χ4n) is 1.94. The molecule has 1 saturated heterocycles. The second-order valence-electron chi connectivity index (χ2n) is 4.30. The van der Waals surface area contributed by atoms with Crippen molar-refractivity contribution in [2.45, 2.75) is 13.3 Å². The van der Waals surface area contributed by atoms with E-state index in [1.807, 2.05) is 0 Å². The maximum Gasteiger partial charge on any atom is 0.308 e. The van der Waals surface area contributed by atoms with E-state index >= 15 is 0 Å². The Kier molecular flexibility index (Phi) is 3.47. The highest BCUT2D eigenvalue weighted by atomic mass is 32.1. The first-order valence-electron chi connectivity index (χ1n) is 5.62. The minimum atomic E-state index is -0.860. The molecule has 2 rings (SSSR count). The molecule has 1 fully saturated rings. The summed E-state index contributed by atoms with van der Waals surface area (Å²) in [5.74, 6) is -1.58. The Morgan fingerprint density at radius 1 is 1.33 bits per heavy atom. The van der Waals surface area contributed by atoms with E-state index in [-0.39, 0.29) is 18.2 Å². The van der Waals surface area contributed by atoms with Gasteiger partial charge in [-0.3, -0.25) is 14.4 Å². The minimum absolute atomic E-state index is 0.0658. The number of rotatable bonds is 3. The number of nitrogens with zero attached hydrogens (tertiary/aromatic N) is 1. The van der Waals surface area contributed by atoms with Crippen LogP contribution in [0.5, 0.6) is 0 Å². The van der Waals surface area contributed by atoms with E-state index in [9.17, 15) is 14.4 Å². The molecule has 1 N–H and O–H groups in total. The molecule has 1 aliphatic rings. The third-order valence-electron chi connectivity index (χ3n) is 2.99. The SMILES string of the molecule is CC(=O)c1ccc(C(=O)N2CCC(C(=O)O)C2)s1. The van der Waals surface area contributed by atoms with E-state index in [1.165, 1.54) is 11.8 Å². The van der Waals surface area contributed by atoms with Gasteiger partial charge < -0.3 is 10.0 Å². The molecular weight excluding hydrogens is 254 g/mol. The lowest BCUT2D eigenvalue weighted by molar-refractivity contribution is -0.141. The van der Waals surface area contributed by atoms with Crippen LogP contribution in [0, 0.1) is 5.92 Å². The molecule has 2 heterocycles. The number of ketones is 1. The maximum absolute atomic E-state index is 12.1. The highest BCUT2D eigenvalue weighted by molar-refractivity contribution is 7.15. The van der Waals surface area contributed by atoms with Gasteiger partial charge in [-0.1, -0.05) is 0 Å². The average molecular weight is 267 g/mol. The first-order valence-corrected chi connectivity index (χ1v) is 6.43. The van der Waals surface area contributed by atoms with Crippen molar-refractivity contribution >= 4 is 29.0 Å². The van der Waals surface area contributed by atoms with Gasteiger partial charge in [0, 0.05) is 13.1 Å². The summed E-state index contributed by atoms with van der Waals surface area (Å²) in [7, 11) is 0. The molecule has 1 aromatic heterocycles. The number of hydrogen-bond donors (Lipinski definition) is 1. The Morgan fingerprint density at radius 2 is 2.00 bits per heavy atom. The predicted octanol–water partition coefficient (Wildman–Crippen LogP) is 1.50. The highest BCUT2D eigenvalue weighted by Crippen LogP contribution is 2.23. The highest BCUT2D eigenvalue weighted by Gasteiger charge is 2.31. The van der Waals surface area contributed by atoms with Gasteiger partial charge in [-0.25, -0.2) is 0 Å². The minimum Gasteiger partial charge on any atom is -0.481 e. The summed E-state index contributed by atoms with van der Waals surface area (Å²) in [5, 5.41) is 8.88. The third-order valence-corrected chi connectivity index (χ3v) is 4.16. The van der Waals surface area contributed by atoms with Crippen LogP contribution in [0.1, 0.15) is 32.7 Å². The summed E-state index contributed by atoms with van der Waals surface area (Å²) in [6.45, 7) is 2.17. The van der Waals surface area contributed by atoms with Crippen molar-refractivity contribution < 1.29 is 19.5 Å². The standard InChI is InChI=1S/C12H13NO4S/c1-7(14)9-2-3-10(18-9)11(15)13-5-4-8(6-13)12(16)17/h2-3,8H,4-6H2,1H3,(H,16,17). The number of carboxylic acids is 1. The van der Waals surface area contributed by atoms with E-state index in [1.54, 1.807) is 12.1 Å². The maximum atomic E-state index is 12.1. The topological polar surface area (TPSA) is 74.7 Å². The van der Waals surface area contributed by atoms with Gasteiger partial charge in [-0.2, -0.15) is 0 Å². The van der Waals surface area contributed by atoms with Gasteiger partial charge in [0.05, 0.1) is 15.7 Å². The summed E-state index contributed by atoms with van der Waals surface area (Å²) in [6.07, 6.45) is 0.492. The second-order valence-corrected chi connectivity index (χ2v) is 5.38. The molecule has 0 spiro atoms. The summed E-state index contributed by atoms with van der Waals surface area (Å²) >= 11 is 1.16. The number of amides is 1. The molecule has 5 nitrogen and oxygen atoms in total. The summed E-state index contributed by atoms with van der Waals surface area (Å²) in [4.78, 5) is 36.6. The molecule has 0 bridgehead atoms. The zero-order valence-corrected chi connectivity index (χ0v) is 10.7. The Hall–Kier alpha value is -1.69. The Labute approximate surface area is 108 Å². The molecule has 1 aromatic rings. The van der Waals surface area contributed by atoms with E-state index < -0.39 is 11.9 Å². The number of aliphatic carboxylic acids is 1. The molecule has 1 atom stereocenters. The summed E-state index contributed by atoms with van der Waals surface area (Å²) < 4.78 is 0. The molecule has 1 aliphatic heterocycles. The van der Waals surface area contributed by atoms with Gasteiger partial charge in [-0.05, 0) is 25.5 Å². The van der Waals surface area contributed by atoms with E-state index in [4.69, 9.17) is 5.11 Å². The van der Waals surface area contributed by atoms with Crippen LogP contribution in [-0.2, 0) is 4.79 Å². The second kappa shape index (κ2) is 4.89. The molecule has 1 unspecified atom stereocenters. The molecule has 0 aliphatic carbocycles. The van der Waals surface area contributed by atoms with Gasteiger partial charge in [-0.15, -0.1) is 11.3 Å². The van der Waals surface area contributed by atoms with Crippen LogP contribution in [0.3, 0.4) is 0 Å². The van der Waals surface area contributed by atoms with Crippen molar-refractivity contribution in [3.8, 4) is 0 Å². The molecule has 1 amide bonds. The lowest BCUT2D eigenvalue weighted by Crippen LogP contribution is -2.29. The number of likely N-dealkylation sites (tertiary alicyclic amines) is 1. The van der Waals surface area contributed by atoms with Crippen molar-refractivity contribution in [1.82, 2.24) is 4.90 Å². The van der Waals surface area contributed by atoms with Crippen LogP contribution in [0.2, 0.25) is 0 Å². The van der Waals surface area contributed by atoms with Gasteiger partial charge in [0.25, 0.3) is 5.91 Å². The number of hydrogen-bond acceptors (Lipinski definition) is 4. The van der Waals surface area contributed by atoms with Crippen LogP contribution in [0.4, 0.5) is 0 Å². The van der Waals surface area contributed by atoms with Crippen LogP contribution < -0.4 is 0 Å². The molecule has 6 heteroatoms. The van der Waals surface area contributed by atoms with Crippen LogP contribution in [-0.4, -0.2) is 40.8 Å². The number of Topliss-reactive ketones (excluding diaryl/α,β-unsaturated/α-hetero) is 1. The summed E-state index contributed by atoms with van der Waals surface area (Å²) in [6, 6.07) is 3.25. The van der Waals surface area contributed by atoms with Crippen molar-refractivity contribution in [2.24, 2.45) is 5.92 Å². The lowest BCUT2D eigenvalue weighted by Gasteiger charge is -2.14. The number of thiophene rings is 1. The lowest BCUT2D eigenvalue weighted by atomic mass is 10.1. The van der Waals surface area contributed by atoms with Crippen molar-refractivity contribution in [1.29, 1.82) is 0 Å². The van der Waals surface area contributed by atoms with Crippen LogP contribution >= 0.6 is 11.3 Å². The molecular formula is C12H13NO4S. The number of carbonyl (C=O) groups excluding carboxylic acids is 2. The quantitative estimate of drug-likeness (QED) is 0.842. The fraction of sp³-hybridized carbons (Fsp3) is 0.417. The molecule has 0 radical (unpaired) electrons. The monoisotopic (exact) mass is 267 g/mol. The first kappa shape index (κ1) is 12.8. The molecule has 96 valence electrons. The average Bonchev–Trinajstić information content (AvgIpc) is 2.97. The Morgan fingerprint density at radius 3 is 2.50 bits per heavy atom. The first-order chi connectivity index (χ1) is 8.49. The van der Waals surface area contributed by atoms with Gasteiger partial charge in [0.15, 0.2) is 5.78 Å². The van der Waals surface area contributed by atoms with Crippen molar-refractivity contribution in [3.05, 3.63) is 21.9 Å². The van der Waals surface area contributed by atoms with Gasteiger partial charge >= 0.3 is 5.97 Å². The van der Waals surface area contributed by atoms with Crippen molar-refractivity contribution in [3.63, 3.8) is 0 Å². The predicted molar refractivity (Wildman–Crippen MR) is 66.0 cm³/mol. The zero-order valence-electron chi connectivity index (χ0n) is 9.88. The fourth-order valence-corrected chi connectivity index (χ4v) is 2.81. The van der Waals surface area contributed by atoms with Gasteiger partial charge in [0.1, 0.15) is 0 Å². The summed E-state index contributed by atoms with van der Waals surface area (Å²) in [5.41, 5.74) is 0. The van der Waals surface area contributed by atoms with Gasteiger partial charge in [0.2, 0.25) is 0 Å². The Bertz CT molecular complexity index is 508. The van der Waals surface area contributed by atoms with E-state index in [0.29, 0.717) is 22.7 Å². The molecule has 0 saturated carbocycles. The smallest absolute Gasteiger partial charge is 0.308 e. The molecule has 18 heavy (non-hydrogen) atoms. The zero-order chi connectivity index (χ0) is 13.3. The van der Waals surface area contributed by atoms with Crippen LogP contribution in [0.25, 0.3) is 0 Å². The number of carboxylic acid groups (broad SMARTS) is 1. The molecule has 0 aromatic carbocycles. The normalized spacial score (nSPS) is 18.9. The van der Waals surface area contributed by atoms with Crippen LogP contribution in [0.15, 0.2) is 12.1 Å². The third kappa shape index (κ3) is 2.43. The van der Waals surface area contributed by atoms with Crippen molar-refractivity contribution in [2.75, 3.05) is 13.1 Å². The Balaban J connectivity index is 2.08. The van der Waals surface area contributed by atoms with E-state index in [2.05, 4.69) is 0 Å². The van der Waals surface area contributed by atoms with E-state index in [0.717, 1.165) is 11.3 Å².